The van der Waals surface area contributed by atoms with Crippen molar-refractivity contribution in [2.24, 2.45) is 0 Å². The Kier molecular flexibility index (Phi) is 4.66. The molecule has 1 saturated heterocycles. The van der Waals surface area contributed by atoms with E-state index in [-0.39, 0.29) is 29.5 Å². The molecule has 9 heteroatoms. The molecule has 0 bridgehead atoms. The Bertz CT molecular complexity index is 730. The highest BCUT2D eigenvalue weighted by Crippen LogP contribution is 2.31. The third kappa shape index (κ3) is 3.27. The first kappa shape index (κ1) is 16.4. The van der Waals surface area contributed by atoms with Gasteiger partial charge in [-0.05, 0) is 40.5 Å². The largest absolute Gasteiger partial charge is 0.244 e. The summed E-state index contributed by atoms with van der Waals surface area (Å²) >= 11 is 6.58. The minimum atomic E-state index is -3.69. The predicted molar refractivity (Wildman–Crippen MR) is 84.0 cm³/mol. The maximum atomic E-state index is 12.6. The van der Waals surface area contributed by atoms with E-state index in [0.717, 1.165) is 5.56 Å². The summed E-state index contributed by atoms with van der Waals surface area (Å²) in [4.78, 5) is 0.147. The van der Waals surface area contributed by atoms with Crippen molar-refractivity contribution in [1.82, 2.24) is 4.31 Å². The standard InChI is InChI=1S/C11H13Br2NO4S2/c1-8-6-10(13)11(7-9(8)12)20(17,18)14-2-4-19(15,16)5-3-14/h6-7H,2-5H2,1H3. The molecule has 0 amide bonds. The average Bonchev–Trinajstić information content (AvgIpc) is 2.33. The first-order chi connectivity index (χ1) is 9.13. The molecule has 0 spiro atoms. The lowest BCUT2D eigenvalue weighted by molar-refractivity contribution is 0.430. The van der Waals surface area contributed by atoms with E-state index in [0.29, 0.717) is 8.95 Å². The molecule has 1 aromatic rings. The number of hydrogen-bond donors (Lipinski definition) is 0. The molecule has 1 aliphatic rings. The highest BCUT2D eigenvalue weighted by Gasteiger charge is 2.32. The van der Waals surface area contributed by atoms with E-state index >= 15 is 0 Å². The molecule has 0 aliphatic carbocycles. The summed E-state index contributed by atoms with van der Waals surface area (Å²) in [5.41, 5.74) is 0.914. The monoisotopic (exact) mass is 445 g/mol. The summed E-state index contributed by atoms with van der Waals surface area (Å²) in [7, 11) is -6.80. The number of sulfone groups is 1. The molecule has 1 heterocycles. The number of halogens is 2. The molecule has 1 aliphatic heterocycles. The van der Waals surface area contributed by atoms with Gasteiger partial charge in [0.15, 0.2) is 9.84 Å². The van der Waals surface area contributed by atoms with Crippen LogP contribution in [0.2, 0.25) is 0 Å². The van der Waals surface area contributed by atoms with Gasteiger partial charge in [-0.2, -0.15) is 4.31 Å². The number of benzene rings is 1. The fourth-order valence-corrected chi connectivity index (χ4v) is 6.41. The topological polar surface area (TPSA) is 71.5 Å². The fourth-order valence-electron chi connectivity index (χ4n) is 1.90. The molecule has 0 aromatic heterocycles. The van der Waals surface area contributed by atoms with Crippen LogP contribution in [0.15, 0.2) is 26.0 Å². The van der Waals surface area contributed by atoms with Gasteiger partial charge in [0.05, 0.1) is 16.4 Å². The zero-order valence-corrected chi connectivity index (χ0v) is 15.4. The predicted octanol–water partition coefficient (Wildman–Crippen LogP) is 1.94. The van der Waals surface area contributed by atoms with Crippen LogP contribution < -0.4 is 0 Å². The highest BCUT2D eigenvalue weighted by atomic mass is 79.9. The van der Waals surface area contributed by atoms with Crippen LogP contribution in [0.5, 0.6) is 0 Å². The molecule has 0 N–H and O–H groups in total. The van der Waals surface area contributed by atoms with Gasteiger partial charge in [0.25, 0.3) is 0 Å². The Hall–Kier alpha value is 0.0400. The third-order valence-electron chi connectivity index (χ3n) is 3.13. The molecular formula is C11H13Br2NO4S2. The van der Waals surface area contributed by atoms with Crippen LogP contribution in [0, 0.1) is 6.92 Å². The summed E-state index contributed by atoms with van der Waals surface area (Å²) in [6, 6.07) is 3.26. The van der Waals surface area contributed by atoms with E-state index < -0.39 is 19.9 Å². The molecule has 0 radical (unpaired) electrons. The Morgan fingerprint density at radius 2 is 1.65 bits per heavy atom. The van der Waals surface area contributed by atoms with E-state index in [1.165, 1.54) is 10.4 Å². The minimum absolute atomic E-state index is 0.00258. The van der Waals surface area contributed by atoms with Gasteiger partial charge in [-0.1, -0.05) is 15.9 Å². The lowest BCUT2D eigenvalue weighted by Gasteiger charge is -2.26. The molecule has 1 aromatic carbocycles. The van der Waals surface area contributed by atoms with Gasteiger partial charge in [-0.15, -0.1) is 0 Å². The van der Waals surface area contributed by atoms with Gasteiger partial charge in [0.2, 0.25) is 10.0 Å². The van der Waals surface area contributed by atoms with Crippen molar-refractivity contribution >= 4 is 51.7 Å². The normalized spacial score (nSPS) is 19.9. The van der Waals surface area contributed by atoms with Crippen molar-refractivity contribution in [1.29, 1.82) is 0 Å². The van der Waals surface area contributed by atoms with Crippen molar-refractivity contribution in [3.8, 4) is 0 Å². The molecule has 0 unspecified atom stereocenters. The van der Waals surface area contributed by atoms with Crippen molar-refractivity contribution in [2.45, 2.75) is 11.8 Å². The maximum Gasteiger partial charge on any atom is 0.244 e. The van der Waals surface area contributed by atoms with Gasteiger partial charge in [-0.3, -0.25) is 0 Å². The molecule has 2 rings (SSSR count). The number of nitrogens with zero attached hydrogens (tertiary/aromatic N) is 1. The Morgan fingerprint density at radius 1 is 1.10 bits per heavy atom. The van der Waals surface area contributed by atoms with E-state index in [2.05, 4.69) is 31.9 Å². The molecule has 20 heavy (non-hydrogen) atoms. The second-order valence-corrected chi connectivity index (χ2v) is 10.5. The highest BCUT2D eigenvalue weighted by molar-refractivity contribution is 9.11. The Balaban J connectivity index is 2.39. The first-order valence-corrected chi connectivity index (χ1v) is 10.6. The van der Waals surface area contributed by atoms with E-state index in [4.69, 9.17) is 0 Å². The van der Waals surface area contributed by atoms with Crippen LogP contribution in [0.25, 0.3) is 0 Å². The van der Waals surface area contributed by atoms with Gasteiger partial charge in [0, 0.05) is 22.0 Å². The number of hydrogen-bond acceptors (Lipinski definition) is 4. The average molecular weight is 447 g/mol. The summed E-state index contributed by atoms with van der Waals surface area (Å²) in [5, 5.41) is 0. The third-order valence-corrected chi connectivity index (χ3v) is 8.45. The van der Waals surface area contributed by atoms with Gasteiger partial charge < -0.3 is 0 Å². The van der Waals surface area contributed by atoms with Gasteiger partial charge >= 0.3 is 0 Å². The maximum absolute atomic E-state index is 12.6. The van der Waals surface area contributed by atoms with Crippen LogP contribution >= 0.6 is 31.9 Å². The zero-order chi connectivity index (χ0) is 15.1. The second-order valence-electron chi connectivity index (χ2n) is 4.59. The van der Waals surface area contributed by atoms with E-state index in [9.17, 15) is 16.8 Å². The van der Waals surface area contributed by atoms with Crippen LogP contribution in [-0.4, -0.2) is 45.7 Å². The molecule has 0 atom stereocenters. The summed E-state index contributed by atoms with van der Waals surface area (Å²) < 4.78 is 50.3. The van der Waals surface area contributed by atoms with Crippen molar-refractivity contribution < 1.29 is 16.8 Å². The van der Waals surface area contributed by atoms with Crippen molar-refractivity contribution in [3.63, 3.8) is 0 Å². The van der Waals surface area contributed by atoms with E-state index in [1.807, 2.05) is 6.92 Å². The van der Waals surface area contributed by atoms with Crippen LogP contribution in [0.1, 0.15) is 5.56 Å². The van der Waals surface area contributed by atoms with Crippen LogP contribution in [0.4, 0.5) is 0 Å². The number of sulfonamides is 1. The lowest BCUT2D eigenvalue weighted by Crippen LogP contribution is -2.43. The van der Waals surface area contributed by atoms with Crippen LogP contribution in [0.3, 0.4) is 0 Å². The van der Waals surface area contributed by atoms with Gasteiger partial charge in [0.1, 0.15) is 0 Å². The Morgan fingerprint density at radius 3 is 2.20 bits per heavy atom. The first-order valence-electron chi connectivity index (χ1n) is 5.80. The molecular weight excluding hydrogens is 434 g/mol. The molecule has 1 fully saturated rings. The van der Waals surface area contributed by atoms with Crippen LogP contribution in [-0.2, 0) is 19.9 Å². The van der Waals surface area contributed by atoms with Gasteiger partial charge in [-0.25, -0.2) is 16.8 Å². The summed E-state index contributed by atoms with van der Waals surface area (Å²) in [6.07, 6.45) is 0. The van der Waals surface area contributed by atoms with E-state index in [1.54, 1.807) is 6.07 Å². The Labute approximate surface area is 135 Å². The summed E-state index contributed by atoms with van der Waals surface area (Å²) in [6.45, 7) is 1.86. The van der Waals surface area contributed by atoms with Crippen molar-refractivity contribution in [3.05, 3.63) is 26.6 Å². The minimum Gasteiger partial charge on any atom is -0.229 e. The zero-order valence-electron chi connectivity index (χ0n) is 10.6. The molecule has 5 nitrogen and oxygen atoms in total. The molecule has 112 valence electrons. The lowest BCUT2D eigenvalue weighted by atomic mass is 10.2. The van der Waals surface area contributed by atoms with Crippen molar-refractivity contribution in [2.75, 3.05) is 24.6 Å². The number of rotatable bonds is 2. The number of aryl methyl sites for hydroxylation is 1. The fraction of sp³-hybridized carbons (Fsp3) is 0.455. The molecule has 0 saturated carbocycles. The smallest absolute Gasteiger partial charge is 0.229 e. The quantitative estimate of drug-likeness (QED) is 0.695. The second kappa shape index (κ2) is 5.68. The summed E-state index contributed by atoms with van der Waals surface area (Å²) in [5.74, 6) is -0.256. The SMILES string of the molecule is Cc1cc(Br)c(S(=O)(=O)N2CCS(=O)(=O)CC2)cc1Br.